The summed E-state index contributed by atoms with van der Waals surface area (Å²) < 4.78 is 61.2. The Morgan fingerprint density at radius 3 is 1.29 bits per heavy atom. The maximum Gasteiger partial charge on any atom is 0.200 e. The first-order valence-electron chi connectivity index (χ1n) is 4.88. The van der Waals surface area contributed by atoms with Gasteiger partial charge in [-0.25, -0.2) is 22.0 Å². The van der Waals surface area contributed by atoms with Crippen molar-refractivity contribution in [1.82, 2.24) is 0 Å². The molecule has 0 spiro atoms. The summed E-state index contributed by atoms with van der Waals surface area (Å²) in [6.45, 7) is 4.50. The molecule has 0 nitrogen and oxygen atoms in total. The van der Waals surface area contributed by atoms with Gasteiger partial charge in [0.2, 0.25) is 0 Å². The van der Waals surface area contributed by atoms with Gasteiger partial charge in [0, 0.05) is 0 Å². The molecule has 1 aromatic rings. The van der Waals surface area contributed by atoms with Gasteiger partial charge in [0.15, 0.2) is 17.5 Å². The van der Waals surface area contributed by atoms with Gasteiger partial charge in [-0.3, -0.25) is 0 Å². The third-order valence-corrected chi connectivity index (χ3v) is 3.26. The average Bonchev–Trinajstić information content (AvgIpc) is 2.33. The Morgan fingerprint density at radius 1 is 0.765 bits per heavy atom. The summed E-state index contributed by atoms with van der Waals surface area (Å²) in [5.74, 6) is -10.2. The quantitative estimate of drug-likeness (QED) is 0.261. The fourth-order valence-corrected chi connectivity index (χ4v) is 1.63. The molecule has 0 aromatic heterocycles. The standard InChI is InChI=1S/C6HF5S.2C2H5.Al/c7-1-2(8)4(10)6(12)5(11)3(1)9;2*1-2;/h12H;2*1H2,2H3;/q;;;+1/p-1. The molecule has 0 unspecified atom stereocenters. The number of halogens is 5. The molecule has 0 radical (unpaired) electrons. The van der Waals surface area contributed by atoms with Gasteiger partial charge in [-0.1, -0.05) is 4.90 Å². The topological polar surface area (TPSA) is 0 Å². The van der Waals surface area contributed by atoms with E-state index in [-0.39, 0.29) is 0 Å². The minimum atomic E-state index is -2.20. The van der Waals surface area contributed by atoms with Crippen LogP contribution in [0.4, 0.5) is 22.0 Å². The molecule has 0 aliphatic heterocycles. The Hall–Kier alpha value is -0.378. The fourth-order valence-electron chi connectivity index (χ4n) is 0.873. The first kappa shape index (κ1) is 16.6. The predicted octanol–water partition coefficient (Wildman–Crippen LogP) is 3.85. The van der Waals surface area contributed by atoms with E-state index in [1.54, 1.807) is 0 Å². The van der Waals surface area contributed by atoms with Crippen LogP contribution in [-0.2, 0) is 12.6 Å². The number of hydrogen-bond acceptors (Lipinski definition) is 1. The molecule has 7 heteroatoms. The molecule has 0 amide bonds. The van der Waals surface area contributed by atoms with Crippen molar-refractivity contribution in [3.05, 3.63) is 29.1 Å². The van der Waals surface area contributed by atoms with Gasteiger partial charge in [0.05, 0.1) is 0 Å². The summed E-state index contributed by atoms with van der Waals surface area (Å²) in [6.07, 6.45) is 0. The van der Waals surface area contributed by atoms with Crippen LogP contribution in [0.15, 0.2) is 4.90 Å². The Morgan fingerprint density at radius 2 is 1.06 bits per heavy atom. The maximum absolute atomic E-state index is 12.3. The second-order valence-electron chi connectivity index (χ2n) is 3.00. The summed E-state index contributed by atoms with van der Waals surface area (Å²) >= 11 is 4.75. The van der Waals surface area contributed by atoms with Crippen molar-refractivity contribution in [2.45, 2.75) is 29.3 Å². The maximum atomic E-state index is 12.3. The van der Waals surface area contributed by atoms with Gasteiger partial charge >= 0.3 is 39.6 Å². The van der Waals surface area contributed by atoms with E-state index in [1.807, 2.05) is 0 Å². The Bertz CT molecular complexity index is 276. The van der Waals surface area contributed by atoms with E-state index >= 15 is 0 Å². The molecule has 0 fully saturated rings. The van der Waals surface area contributed by atoms with Crippen molar-refractivity contribution in [3.8, 4) is 0 Å². The molecular weight excluding hydrogens is 274 g/mol. The van der Waals surface area contributed by atoms with Gasteiger partial charge in [-0.2, -0.15) is 0 Å². The van der Waals surface area contributed by atoms with Crippen LogP contribution < -0.4 is 0 Å². The largest absolute Gasteiger partial charge is 0.774 e. The van der Waals surface area contributed by atoms with E-state index in [9.17, 15) is 22.0 Å². The van der Waals surface area contributed by atoms with Crippen molar-refractivity contribution >= 4 is 27.8 Å². The molecule has 0 N–H and O–H groups in total. The van der Waals surface area contributed by atoms with Crippen molar-refractivity contribution in [2.24, 2.45) is 0 Å². The van der Waals surface area contributed by atoms with Crippen molar-refractivity contribution in [1.29, 1.82) is 0 Å². The van der Waals surface area contributed by atoms with Gasteiger partial charge in [0.25, 0.3) is 0 Å². The fraction of sp³-hybridized carbons (Fsp3) is 0.400. The molecule has 1 aromatic carbocycles. The molecule has 0 saturated carbocycles. The van der Waals surface area contributed by atoms with Crippen molar-refractivity contribution in [2.75, 3.05) is 0 Å². The smallest absolute Gasteiger partial charge is 0.200 e. The third-order valence-electron chi connectivity index (χ3n) is 1.75. The number of hydrogen-bond donors (Lipinski definition) is 0. The summed E-state index contributed by atoms with van der Waals surface area (Å²) in [6, 6.07) is 0. The molecule has 0 aliphatic carbocycles. The molecule has 0 bridgehead atoms. The van der Waals surface area contributed by atoms with E-state index in [0.29, 0.717) is 0 Å². The molecule has 0 saturated heterocycles. The number of rotatable bonds is 2. The minimum Gasteiger partial charge on any atom is -0.774 e. The molecule has 0 heterocycles. The van der Waals surface area contributed by atoms with E-state index in [0.717, 1.165) is 15.2 Å². The van der Waals surface area contributed by atoms with Gasteiger partial charge < -0.3 is 12.6 Å². The normalized spacial score (nSPS) is 9.35. The molecule has 0 aliphatic rings. The zero-order valence-electron chi connectivity index (χ0n) is 9.29. The van der Waals surface area contributed by atoms with Crippen LogP contribution in [0.2, 0.25) is 10.6 Å². The molecule has 17 heavy (non-hydrogen) atoms. The van der Waals surface area contributed by atoms with Gasteiger partial charge in [0.1, 0.15) is 11.6 Å². The molecule has 1 rings (SSSR count). The summed E-state index contributed by atoms with van der Waals surface area (Å²) in [7, 11) is 0. The summed E-state index contributed by atoms with van der Waals surface area (Å²) in [5, 5.41) is 2.85. The monoisotopic (exact) mass is 284 g/mol. The van der Waals surface area contributed by atoms with Crippen LogP contribution in [0.1, 0.15) is 13.8 Å². The minimum absolute atomic E-state index is 0.815. The average molecular weight is 284 g/mol. The summed E-state index contributed by atoms with van der Waals surface area (Å²) in [4.78, 5) is -1.29. The van der Waals surface area contributed by atoms with E-state index in [1.165, 1.54) is 10.6 Å². The van der Waals surface area contributed by atoms with Crippen LogP contribution in [0.3, 0.4) is 0 Å². The second-order valence-corrected chi connectivity index (χ2v) is 5.62. The molecule has 94 valence electrons. The van der Waals surface area contributed by atoms with Crippen LogP contribution in [0.5, 0.6) is 0 Å². The van der Waals surface area contributed by atoms with Crippen LogP contribution in [0, 0.1) is 29.1 Å². The number of benzene rings is 1. The van der Waals surface area contributed by atoms with E-state index in [2.05, 4.69) is 26.5 Å². The third kappa shape index (κ3) is 4.42. The van der Waals surface area contributed by atoms with Crippen molar-refractivity contribution < 1.29 is 22.0 Å². The van der Waals surface area contributed by atoms with Gasteiger partial charge in [-0.15, -0.1) is 0 Å². The van der Waals surface area contributed by atoms with Gasteiger partial charge in [-0.05, 0) is 0 Å². The first-order chi connectivity index (χ1) is 7.88. The van der Waals surface area contributed by atoms with Crippen LogP contribution in [-0.4, -0.2) is 15.2 Å². The molecule has 0 atom stereocenters. The Balaban J connectivity index is 0.000000437. The molecular formula is C10H10AlF5S. The second kappa shape index (κ2) is 7.85. The van der Waals surface area contributed by atoms with Crippen molar-refractivity contribution in [3.63, 3.8) is 0 Å². The SMILES string of the molecule is C[CH2][Al+][CH2]C.Fc1c(F)c(F)c([S-])c(F)c1F. The van der Waals surface area contributed by atoms with E-state index in [4.69, 9.17) is 0 Å². The zero-order valence-corrected chi connectivity index (χ0v) is 11.3. The Labute approximate surface area is 108 Å². The van der Waals surface area contributed by atoms with E-state index < -0.39 is 34.0 Å². The summed E-state index contributed by atoms with van der Waals surface area (Å²) in [5.41, 5.74) is 0. The zero-order chi connectivity index (χ0) is 13.6. The van der Waals surface area contributed by atoms with Crippen LogP contribution >= 0.6 is 0 Å². The predicted molar refractivity (Wildman–Crippen MR) is 58.6 cm³/mol. The first-order valence-corrected chi connectivity index (χ1v) is 6.92. The Kier molecular flexibility index (Phi) is 7.68. The van der Waals surface area contributed by atoms with Crippen LogP contribution in [0.25, 0.3) is 0 Å².